The Morgan fingerprint density at radius 1 is 1.22 bits per heavy atom. The molecule has 17 heteroatoms. The van der Waals surface area contributed by atoms with E-state index in [2.05, 4.69) is 14.6 Å². The summed E-state index contributed by atoms with van der Waals surface area (Å²) in [5.74, 6) is -1.84. The molecule has 192 valence electrons. The maximum Gasteiger partial charge on any atom is 0.471 e. The number of nitrogens with zero attached hydrogens (tertiary/aromatic N) is 5. The zero-order valence-electron chi connectivity index (χ0n) is 17.8. The summed E-state index contributed by atoms with van der Waals surface area (Å²) in [6, 6.07) is 1.79. The van der Waals surface area contributed by atoms with Gasteiger partial charge in [-0.3, -0.25) is 14.1 Å². The van der Waals surface area contributed by atoms with E-state index in [-0.39, 0.29) is 47.9 Å². The minimum absolute atomic E-state index is 0.00661. The molecule has 0 aliphatic carbocycles. The molecule has 0 bridgehead atoms. The minimum Gasteiger partial charge on any atom is -0.360 e. The number of hydrogen-bond donors (Lipinski definition) is 2. The topological polar surface area (TPSA) is 140 Å². The van der Waals surface area contributed by atoms with E-state index in [1.807, 2.05) is 0 Å². The van der Waals surface area contributed by atoms with Gasteiger partial charge in [0.25, 0.3) is 5.56 Å². The van der Waals surface area contributed by atoms with E-state index in [0.717, 1.165) is 18.3 Å². The SMILES string of the molecule is O=C(c1ccc(F)cc1C(F)(F)F)c1cnc2n1CCN(c1cnn(COP(=O)(O)O)c(=O)c1Cl)C2. The lowest BCUT2D eigenvalue weighted by molar-refractivity contribution is -0.138. The van der Waals surface area contributed by atoms with Crippen molar-refractivity contribution < 1.29 is 41.2 Å². The zero-order chi connectivity index (χ0) is 26.4. The number of benzene rings is 1. The molecule has 0 spiro atoms. The Bertz CT molecular complexity index is 1450. The molecular weight excluding hydrogens is 537 g/mol. The second-order valence-corrected chi connectivity index (χ2v) is 9.16. The molecule has 1 aliphatic heterocycles. The lowest BCUT2D eigenvalue weighted by Gasteiger charge is -2.30. The number of halogens is 5. The number of anilines is 1. The number of phosphoric acid groups is 1. The van der Waals surface area contributed by atoms with Crippen LogP contribution in [-0.4, -0.2) is 41.4 Å². The highest BCUT2D eigenvalue weighted by Gasteiger charge is 2.37. The fraction of sp³-hybridized carbons (Fsp3) is 0.263. The third-order valence-electron chi connectivity index (χ3n) is 5.28. The first-order valence-electron chi connectivity index (χ1n) is 9.93. The van der Waals surface area contributed by atoms with Crippen LogP contribution in [0.3, 0.4) is 0 Å². The Hall–Kier alpha value is -3.10. The van der Waals surface area contributed by atoms with Crippen molar-refractivity contribution in [2.75, 3.05) is 11.4 Å². The Morgan fingerprint density at radius 3 is 2.61 bits per heavy atom. The molecule has 0 radical (unpaired) electrons. The molecule has 0 unspecified atom stereocenters. The Kier molecular flexibility index (Phi) is 6.79. The van der Waals surface area contributed by atoms with E-state index in [1.54, 1.807) is 4.90 Å². The molecule has 1 aromatic carbocycles. The average molecular weight is 552 g/mol. The predicted octanol–water partition coefficient (Wildman–Crippen LogP) is 2.57. The van der Waals surface area contributed by atoms with Crippen LogP contribution >= 0.6 is 19.4 Å². The summed E-state index contributed by atoms with van der Waals surface area (Å²) >= 11 is 6.13. The summed E-state index contributed by atoms with van der Waals surface area (Å²) in [5, 5.41) is 3.45. The van der Waals surface area contributed by atoms with E-state index in [1.165, 1.54) is 10.8 Å². The van der Waals surface area contributed by atoms with Crippen molar-refractivity contribution in [2.45, 2.75) is 26.0 Å². The van der Waals surface area contributed by atoms with E-state index in [0.29, 0.717) is 4.68 Å². The summed E-state index contributed by atoms with van der Waals surface area (Å²) < 4.78 is 70.6. The molecule has 3 aromatic rings. The molecule has 2 aromatic heterocycles. The Balaban J connectivity index is 1.60. The van der Waals surface area contributed by atoms with Crippen LogP contribution in [0.25, 0.3) is 0 Å². The fourth-order valence-electron chi connectivity index (χ4n) is 3.63. The predicted molar refractivity (Wildman–Crippen MR) is 115 cm³/mol. The standard InChI is InChI=1S/C19H15ClF4N5O6P/c20-16-13(7-26-29(18(16)31)9-35-36(32,33)34)27-3-4-28-14(6-25-15(28)8-27)17(30)11-2-1-10(21)5-12(11)19(22,23)24/h1-2,5-7H,3-4,8-9H2,(H2,32,33,34). The number of carbonyl (C=O) groups is 1. The number of carbonyl (C=O) groups excluding carboxylic acids is 1. The highest BCUT2D eigenvalue weighted by Crippen LogP contribution is 2.36. The molecule has 0 fully saturated rings. The van der Waals surface area contributed by atoms with Gasteiger partial charge < -0.3 is 19.3 Å². The van der Waals surface area contributed by atoms with Crippen molar-refractivity contribution >= 4 is 30.9 Å². The maximum atomic E-state index is 13.4. The Morgan fingerprint density at radius 2 is 1.94 bits per heavy atom. The summed E-state index contributed by atoms with van der Waals surface area (Å²) in [4.78, 5) is 48.6. The number of rotatable bonds is 6. The van der Waals surface area contributed by atoms with Crippen molar-refractivity contribution in [3.8, 4) is 0 Å². The van der Waals surface area contributed by atoms with Crippen LogP contribution in [0.5, 0.6) is 0 Å². The van der Waals surface area contributed by atoms with Crippen molar-refractivity contribution in [1.82, 2.24) is 19.3 Å². The number of aromatic nitrogens is 4. The largest absolute Gasteiger partial charge is 0.471 e. The van der Waals surface area contributed by atoms with Gasteiger partial charge in [-0.2, -0.15) is 18.3 Å². The Labute approximate surface area is 203 Å². The van der Waals surface area contributed by atoms with Gasteiger partial charge in [-0.25, -0.2) is 18.6 Å². The third-order valence-corrected chi connectivity index (χ3v) is 6.09. The van der Waals surface area contributed by atoms with Crippen molar-refractivity contribution in [3.05, 3.63) is 74.4 Å². The molecule has 0 amide bonds. The van der Waals surface area contributed by atoms with Crippen molar-refractivity contribution in [2.24, 2.45) is 0 Å². The summed E-state index contributed by atoms with van der Waals surface area (Å²) in [7, 11) is -4.86. The van der Waals surface area contributed by atoms with Crippen LogP contribution < -0.4 is 10.5 Å². The molecule has 4 rings (SSSR count). The summed E-state index contributed by atoms with van der Waals surface area (Å²) in [6.45, 7) is -0.600. The molecular formula is C19H15ClF4N5O6P. The first-order chi connectivity index (χ1) is 16.8. The highest BCUT2D eigenvalue weighted by atomic mass is 35.5. The van der Waals surface area contributed by atoms with Gasteiger partial charge in [0.15, 0.2) is 6.73 Å². The molecule has 11 nitrogen and oxygen atoms in total. The van der Waals surface area contributed by atoms with Gasteiger partial charge in [-0.15, -0.1) is 0 Å². The van der Waals surface area contributed by atoms with Gasteiger partial charge in [0.05, 0.1) is 30.2 Å². The van der Waals surface area contributed by atoms with Gasteiger partial charge in [-0.05, 0) is 18.2 Å². The average Bonchev–Trinajstić information content (AvgIpc) is 3.21. The van der Waals surface area contributed by atoms with E-state index in [9.17, 15) is 31.7 Å². The lowest BCUT2D eigenvalue weighted by Crippen LogP contribution is -2.37. The molecule has 36 heavy (non-hydrogen) atoms. The molecule has 0 atom stereocenters. The number of fused-ring (bicyclic) bond motifs is 1. The number of phosphoric ester groups is 1. The number of alkyl halides is 3. The van der Waals surface area contributed by atoms with Gasteiger partial charge >= 0.3 is 14.0 Å². The quantitative estimate of drug-likeness (QED) is 0.269. The smallest absolute Gasteiger partial charge is 0.360 e. The number of hydrogen-bond acceptors (Lipinski definition) is 7. The summed E-state index contributed by atoms with van der Waals surface area (Å²) in [6.07, 6.45) is -2.66. The van der Waals surface area contributed by atoms with Crippen LogP contribution in [0, 0.1) is 5.82 Å². The van der Waals surface area contributed by atoms with E-state index >= 15 is 0 Å². The van der Waals surface area contributed by atoms with Crippen LogP contribution in [-0.2, 0) is 35.1 Å². The van der Waals surface area contributed by atoms with Gasteiger partial charge in [-0.1, -0.05) is 11.6 Å². The minimum atomic E-state index is -4.95. The van der Waals surface area contributed by atoms with Gasteiger partial charge in [0.1, 0.15) is 22.4 Å². The highest BCUT2D eigenvalue weighted by molar-refractivity contribution is 7.46. The summed E-state index contributed by atoms with van der Waals surface area (Å²) in [5.41, 5.74) is -2.97. The second kappa shape index (κ2) is 9.41. The van der Waals surface area contributed by atoms with Crippen LogP contribution in [0.15, 0.2) is 35.4 Å². The maximum absolute atomic E-state index is 13.4. The lowest BCUT2D eigenvalue weighted by atomic mass is 10.0. The van der Waals surface area contributed by atoms with E-state index < -0.39 is 49.0 Å². The monoisotopic (exact) mass is 551 g/mol. The third kappa shape index (κ3) is 5.20. The molecule has 1 aliphatic rings. The first kappa shape index (κ1) is 26.0. The second-order valence-electron chi connectivity index (χ2n) is 7.55. The van der Waals surface area contributed by atoms with Gasteiger partial charge in [0.2, 0.25) is 5.78 Å². The number of imidazole rings is 1. The molecule has 0 saturated carbocycles. The molecule has 0 saturated heterocycles. The van der Waals surface area contributed by atoms with Crippen LogP contribution in [0.4, 0.5) is 23.2 Å². The van der Waals surface area contributed by atoms with Crippen LogP contribution in [0.2, 0.25) is 5.02 Å². The van der Waals surface area contributed by atoms with Crippen molar-refractivity contribution in [3.63, 3.8) is 0 Å². The van der Waals surface area contributed by atoms with Crippen LogP contribution in [0.1, 0.15) is 27.4 Å². The molecule has 2 N–H and O–H groups in total. The normalized spacial score (nSPS) is 14.1. The molecule has 3 heterocycles. The van der Waals surface area contributed by atoms with E-state index in [4.69, 9.17) is 21.4 Å². The van der Waals surface area contributed by atoms with Gasteiger partial charge in [0, 0.05) is 18.7 Å². The van der Waals surface area contributed by atoms with Crippen molar-refractivity contribution in [1.29, 1.82) is 0 Å². The fourth-order valence-corrected chi connectivity index (χ4v) is 4.16. The number of ketones is 1. The first-order valence-corrected chi connectivity index (χ1v) is 11.8. The zero-order valence-corrected chi connectivity index (χ0v) is 19.5.